The number of non-ortho nitro benzene ring substituents is 1. The number of para-hydroxylation sites is 1. The van der Waals surface area contributed by atoms with Gasteiger partial charge in [-0.2, -0.15) is 5.10 Å². The largest absolute Gasteiger partial charge is 0.464 e. The number of benzene rings is 2. The molecule has 1 unspecified atom stereocenters. The maximum Gasteiger partial charge on any atom is 0.338 e. The van der Waals surface area contributed by atoms with E-state index in [2.05, 4.69) is 10.5 Å². The molecule has 1 heterocycles. The molecule has 1 fully saturated rings. The molecule has 0 aromatic heterocycles. The van der Waals surface area contributed by atoms with E-state index >= 15 is 0 Å². The number of hydrazone groups is 1. The number of carbonyl (C=O) groups is 3. The van der Waals surface area contributed by atoms with Gasteiger partial charge in [-0.15, -0.1) is 0 Å². The third kappa shape index (κ3) is 3.50. The van der Waals surface area contributed by atoms with Gasteiger partial charge in [0.25, 0.3) is 11.5 Å². The summed E-state index contributed by atoms with van der Waals surface area (Å²) in [5, 5.41) is 14.8. The number of nitro groups is 1. The summed E-state index contributed by atoms with van der Waals surface area (Å²) in [6.07, 6.45) is 0. The first-order valence-corrected chi connectivity index (χ1v) is 9.00. The Bertz CT molecular complexity index is 1040. The number of carbonyl (C=O) groups excluding carboxylic acids is 3. The van der Waals surface area contributed by atoms with Crippen LogP contribution in [0.25, 0.3) is 0 Å². The highest BCUT2D eigenvalue weighted by Gasteiger charge is 2.60. The van der Waals surface area contributed by atoms with Crippen LogP contribution >= 0.6 is 0 Å². The van der Waals surface area contributed by atoms with E-state index in [9.17, 15) is 24.5 Å². The van der Waals surface area contributed by atoms with Crippen LogP contribution in [0.1, 0.15) is 13.8 Å². The SMILES string of the molecule is CCOC(=O)C1(C)C(=NNc2ccc([N+](=O)[O-])cc2)C(=O)C(=O)N1c1ccccc1. The molecule has 0 saturated carbocycles. The zero-order chi connectivity index (χ0) is 21.9. The summed E-state index contributed by atoms with van der Waals surface area (Å²) in [6.45, 7) is 3.04. The molecule has 10 nitrogen and oxygen atoms in total. The van der Waals surface area contributed by atoms with E-state index < -0.39 is 28.1 Å². The summed E-state index contributed by atoms with van der Waals surface area (Å²) in [6, 6.07) is 13.5. The lowest BCUT2D eigenvalue weighted by Gasteiger charge is -2.31. The minimum atomic E-state index is -1.79. The lowest BCUT2D eigenvalue weighted by Crippen LogP contribution is -2.55. The summed E-state index contributed by atoms with van der Waals surface area (Å²) in [7, 11) is 0. The van der Waals surface area contributed by atoms with Crippen molar-refractivity contribution in [2.24, 2.45) is 5.10 Å². The molecule has 1 aliphatic rings. The van der Waals surface area contributed by atoms with Crippen molar-refractivity contribution in [3.8, 4) is 0 Å². The Morgan fingerprint density at radius 1 is 1.17 bits per heavy atom. The minimum absolute atomic E-state index is 0.0441. The molecule has 0 aliphatic carbocycles. The van der Waals surface area contributed by atoms with Gasteiger partial charge in [0, 0.05) is 17.8 Å². The molecule has 3 rings (SSSR count). The third-order valence-electron chi connectivity index (χ3n) is 4.58. The van der Waals surface area contributed by atoms with Gasteiger partial charge < -0.3 is 4.74 Å². The second-order valence-corrected chi connectivity index (χ2v) is 6.47. The first-order chi connectivity index (χ1) is 14.3. The highest BCUT2D eigenvalue weighted by atomic mass is 16.6. The van der Waals surface area contributed by atoms with Gasteiger partial charge in [0.2, 0.25) is 0 Å². The standard InChI is InChI=1S/C20H18N4O6/c1-3-30-19(27)20(2)17(22-21-13-9-11-15(12-10-13)24(28)29)16(25)18(26)23(20)14-7-5-4-6-8-14/h4-12,21H,3H2,1-2H3. The van der Waals surface area contributed by atoms with Crippen molar-refractivity contribution < 1.29 is 24.0 Å². The number of esters is 1. The number of ketones is 1. The second-order valence-electron chi connectivity index (χ2n) is 6.47. The average molecular weight is 410 g/mol. The van der Waals surface area contributed by atoms with Gasteiger partial charge >= 0.3 is 11.9 Å². The first-order valence-electron chi connectivity index (χ1n) is 9.00. The van der Waals surface area contributed by atoms with E-state index in [0.29, 0.717) is 11.4 Å². The summed E-state index contributed by atoms with van der Waals surface area (Å²) >= 11 is 0. The molecule has 1 atom stereocenters. The number of nitrogens with one attached hydrogen (secondary N) is 1. The van der Waals surface area contributed by atoms with Crippen molar-refractivity contribution in [1.82, 2.24) is 0 Å². The summed E-state index contributed by atoms with van der Waals surface area (Å²) in [5.74, 6) is -2.68. The van der Waals surface area contributed by atoms with Crippen LogP contribution in [0.4, 0.5) is 17.1 Å². The molecule has 10 heteroatoms. The summed E-state index contributed by atoms with van der Waals surface area (Å²) in [5.41, 5.74) is 1.01. The molecular formula is C20H18N4O6. The van der Waals surface area contributed by atoms with Crippen LogP contribution in [0.15, 0.2) is 59.7 Å². The van der Waals surface area contributed by atoms with Crippen LogP contribution in [0.3, 0.4) is 0 Å². The fourth-order valence-electron chi connectivity index (χ4n) is 3.08. The normalized spacial score (nSPS) is 19.8. The number of hydrogen-bond donors (Lipinski definition) is 1. The van der Waals surface area contributed by atoms with Crippen molar-refractivity contribution in [1.29, 1.82) is 0 Å². The molecule has 0 bridgehead atoms. The Labute approximate surface area is 171 Å². The Balaban J connectivity index is 2.03. The fourth-order valence-corrected chi connectivity index (χ4v) is 3.08. The molecule has 2 aromatic carbocycles. The van der Waals surface area contributed by atoms with Gasteiger partial charge in [-0.05, 0) is 38.1 Å². The molecule has 1 aliphatic heterocycles. The van der Waals surface area contributed by atoms with Crippen molar-refractivity contribution in [3.63, 3.8) is 0 Å². The lowest BCUT2D eigenvalue weighted by atomic mass is 9.95. The molecule has 1 N–H and O–H groups in total. The molecule has 2 aromatic rings. The van der Waals surface area contributed by atoms with E-state index in [4.69, 9.17) is 4.74 Å². The highest BCUT2D eigenvalue weighted by molar-refractivity contribution is 6.75. The van der Waals surface area contributed by atoms with Crippen molar-refractivity contribution in [2.45, 2.75) is 19.4 Å². The van der Waals surface area contributed by atoms with E-state index in [-0.39, 0.29) is 18.0 Å². The Kier molecular flexibility index (Phi) is 5.58. The number of rotatable bonds is 6. The van der Waals surface area contributed by atoms with Crippen molar-refractivity contribution in [3.05, 3.63) is 64.7 Å². The predicted molar refractivity (Wildman–Crippen MR) is 108 cm³/mol. The van der Waals surface area contributed by atoms with Gasteiger partial charge in [-0.25, -0.2) is 4.79 Å². The van der Waals surface area contributed by atoms with Gasteiger partial charge in [-0.3, -0.25) is 30.0 Å². The molecule has 0 radical (unpaired) electrons. The quantitative estimate of drug-likeness (QED) is 0.334. The zero-order valence-corrected chi connectivity index (χ0v) is 16.2. The summed E-state index contributed by atoms with van der Waals surface area (Å²) in [4.78, 5) is 49.6. The molecule has 0 spiro atoms. The molecule has 30 heavy (non-hydrogen) atoms. The van der Waals surface area contributed by atoms with E-state index in [1.54, 1.807) is 37.3 Å². The number of Topliss-reactive ketones (excluding diaryl/α,β-unsaturated/α-hetero) is 1. The van der Waals surface area contributed by atoms with E-state index in [0.717, 1.165) is 4.90 Å². The zero-order valence-electron chi connectivity index (χ0n) is 16.2. The van der Waals surface area contributed by atoms with E-state index in [1.165, 1.54) is 31.2 Å². The monoisotopic (exact) mass is 410 g/mol. The van der Waals surface area contributed by atoms with Crippen LogP contribution < -0.4 is 10.3 Å². The smallest absolute Gasteiger partial charge is 0.338 e. The number of nitro benzene ring substituents is 1. The number of anilines is 2. The van der Waals surface area contributed by atoms with Crippen LogP contribution in [-0.4, -0.2) is 40.4 Å². The van der Waals surface area contributed by atoms with E-state index in [1.807, 2.05) is 0 Å². The number of nitrogens with zero attached hydrogens (tertiary/aromatic N) is 3. The number of ether oxygens (including phenoxy) is 1. The molecule has 1 saturated heterocycles. The van der Waals surface area contributed by atoms with Crippen molar-refractivity contribution in [2.75, 3.05) is 16.9 Å². The number of hydrogen-bond acceptors (Lipinski definition) is 8. The lowest BCUT2D eigenvalue weighted by molar-refractivity contribution is -0.384. The third-order valence-corrected chi connectivity index (χ3v) is 4.58. The van der Waals surface area contributed by atoms with Gasteiger partial charge in [0.15, 0.2) is 11.3 Å². The number of amides is 1. The average Bonchev–Trinajstić information content (AvgIpc) is 2.94. The van der Waals surface area contributed by atoms with Gasteiger partial charge in [-0.1, -0.05) is 18.2 Å². The highest BCUT2D eigenvalue weighted by Crippen LogP contribution is 2.33. The predicted octanol–water partition coefficient (Wildman–Crippen LogP) is 2.30. The topological polar surface area (TPSA) is 131 Å². The fraction of sp³-hybridized carbons (Fsp3) is 0.200. The molecule has 154 valence electrons. The molecule has 1 amide bonds. The van der Waals surface area contributed by atoms with Crippen LogP contribution in [0.5, 0.6) is 0 Å². The Morgan fingerprint density at radius 3 is 2.37 bits per heavy atom. The summed E-state index contributed by atoms with van der Waals surface area (Å²) < 4.78 is 5.13. The first kappa shape index (κ1) is 20.6. The molecular weight excluding hydrogens is 392 g/mol. The Morgan fingerprint density at radius 2 is 1.80 bits per heavy atom. The van der Waals surface area contributed by atoms with Crippen molar-refractivity contribution >= 4 is 40.4 Å². The van der Waals surface area contributed by atoms with Crippen LogP contribution in [0.2, 0.25) is 0 Å². The maximum atomic E-state index is 12.8. The van der Waals surface area contributed by atoms with Crippen LogP contribution in [-0.2, 0) is 19.1 Å². The van der Waals surface area contributed by atoms with Gasteiger partial charge in [0.05, 0.1) is 17.2 Å². The maximum absolute atomic E-state index is 12.8. The Hall–Kier alpha value is -4.08. The minimum Gasteiger partial charge on any atom is -0.464 e. The second kappa shape index (κ2) is 8.11. The van der Waals surface area contributed by atoms with Crippen LogP contribution in [0, 0.1) is 10.1 Å². The van der Waals surface area contributed by atoms with Gasteiger partial charge in [0.1, 0.15) is 0 Å².